The number of rotatable bonds is 4. The first-order valence-electron chi connectivity index (χ1n) is 5.64. The number of aliphatic hydroxyl groups is 1. The molecule has 0 aliphatic heterocycles. The first-order valence-corrected chi connectivity index (χ1v) is 5.64. The maximum Gasteiger partial charge on any atom is 0.0985 e. The molecule has 0 aromatic heterocycles. The van der Waals surface area contributed by atoms with Crippen molar-refractivity contribution in [1.82, 2.24) is 0 Å². The van der Waals surface area contributed by atoms with Gasteiger partial charge in [0.05, 0.1) is 12.6 Å². The highest BCUT2D eigenvalue weighted by molar-refractivity contribution is 5.79. The van der Waals surface area contributed by atoms with Crippen molar-refractivity contribution in [3.8, 4) is 0 Å². The normalized spacial score (nSPS) is 12.8. The van der Waals surface area contributed by atoms with Crippen LogP contribution in [0.15, 0.2) is 65.7 Å². The summed E-state index contributed by atoms with van der Waals surface area (Å²) in [5, 5.41) is 9.88. The molecule has 17 heavy (non-hydrogen) atoms. The second kappa shape index (κ2) is 5.97. The SMILES string of the molecule is O[C@H](CN=Cc1ccccc1)c1ccccc1. The monoisotopic (exact) mass is 225 g/mol. The fraction of sp³-hybridized carbons (Fsp3) is 0.133. The van der Waals surface area contributed by atoms with Crippen molar-refractivity contribution in [2.45, 2.75) is 6.10 Å². The lowest BCUT2D eigenvalue weighted by atomic mass is 10.1. The summed E-state index contributed by atoms with van der Waals surface area (Å²) in [6.07, 6.45) is 1.25. The Labute approximate surface area is 101 Å². The Hall–Kier alpha value is -1.93. The predicted octanol–water partition coefficient (Wildman–Crippen LogP) is 2.84. The average Bonchev–Trinajstić information content (AvgIpc) is 2.41. The highest BCUT2D eigenvalue weighted by Gasteiger charge is 2.03. The number of nitrogens with zero attached hydrogens (tertiary/aromatic N) is 1. The van der Waals surface area contributed by atoms with Gasteiger partial charge < -0.3 is 5.11 Å². The van der Waals surface area contributed by atoms with E-state index in [1.165, 1.54) is 0 Å². The van der Waals surface area contributed by atoms with Gasteiger partial charge in [-0.05, 0) is 11.1 Å². The lowest BCUT2D eigenvalue weighted by molar-refractivity contribution is 0.187. The maximum atomic E-state index is 9.88. The molecule has 2 nitrogen and oxygen atoms in total. The van der Waals surface area contributed by atoms with Crippen molar-refractivity contribution in [1.29, 1.82) is 0 Å². The van der Waals surface area contributed by atoms with Crippen molar-refractivity contribution in [2.75, 3.05) is 6.54 Å². The van der Waals surface area contributed by atoms with Gasteiger partial charge in [-0.3, -0.25) is 4.99 Å². The molecule has 2 aromatic carbocycles. The smallest absolute Gasteiger partial charge is 0.0985 e. The molecule has 0 bridgehead atoms. The topological polar surface area (TPSA) is 32.6 Å². The molecule has 1 atom stereocenters. The Morgan fingerprint density at radius 1 is 0.941 bits per heavy atom. The van der Waals surface area contributed by atoms with E-state index in [1.807, 2.05) is 60.7 Å². The van der Waals surface area contributed by atoms with Crippen LogP contribution in [0, 0.1) is 0 Å². The van der Waals surface area contributed by atoms with Crippen LogP contribution in [0.5, 0.6) is 0 Å². The molecule has 2 rings (SSSR count). The van der Waals surface area contributed by atoms with Crippen LogP contribution in [-0.4, -0.2) is 17.9 Å². The Balaban J connectivity index is 1.93. The summed E-state index contributed by atoms with van der Waals surface area (Å²) < 4.78 is 0. The second-order valence-corrected chi connectivity index (χ2v) is 3.83. The van der Waals surface area contributed by atoms with Gasteiger partial charge in [0.1, 0.15) is 0 Å². The minimum Gasteiger partial charge on any atom is -0.386 e. The van der Waals surface area contributed by atoms with Gasteiger partial charge in [0.2, 0.25) is 0 Å². The van der Waals surface area contributed by atoms with Gasteiger partial charge in [-0.15, -0.1) is 0 Å². The molecule has 0 fully saturated rings. The maximum absolute atomic E-state index is 9.88. The molecule has 0 aliphatic rings. The Kier molecular flexibility index (Phi) is 4.05. The minimum absolute atomic E-state index is 0.388. The van der Waals surface area contributed by atoms with Gasteiger partial charge >= 0.3 is 0 Å². The number of benzene rings is 2. The van der Waals surface area contributed by atoms with Crippen molar-refractivity contribution in [3.05, 3.63) is 71.8 Å². The highest BCUT2D eigenvalue weighted by Crippen LogP contribution is 2.11. The molecular weight excluding hydrogens is 210 g/mol. The van der Waals surface area contributed by atoms with Crippen LogP contribution in [0.2, 0.25) is 0 Å². The molecule has 0 heterocycles. The van der Waals surface area contributed by atoms with Crippen molar-refractivity contribution >= 4 is 6.21 Å². The Bertz CT molecular complexity index is 465. The van der Waals surface area contributed by atoms with Gasteiger partial charge in [-0.25, -0.2) is 0 Å². The van der Waals surface area contributed by atoms with Crippen LogP contribution < -0.4 is 0 Å². The van der Waals surface area contributed by atoms with Crippen molar-refractivity contribution < 1.29 is 5.11 Å². The molecule has 0 saturated heterocycles. The number of hydrogen-bond donors (Lipinski definition) is 1. The van der Waals surface area contributed by atoms with E-state index in [2.05, 4.69) is 4.99 Å². The Morgan fingerprint density at radius 2 is 1.53 bits per heavy atom. The van der Waals surface area contributed by atoms with E-state index in [-0.39, 0.29) is 0 Å². The van der Waals surface area contributed by atoms with E-state index in [9.17, 15) is 5.11 Å². The van der Waals surface area contributed by atoms with Gasteiger partial charge in [0.15, 0.2) is 0 Å². The number of aliphatic hydroxyl groups excluding tert-OH is 1. The fourth-order valence-corrected chi connectivity index (χ4v) is 1.58. The van der Waals surface area contributed by atoms with Gasteiger partial charge in [-0.2, -0.15) is 0 Å². The zero-order valence-corrected chi connectivity index (χ0v) is 9.53. The van der Waals surface area contributed by atoms with Crippen LogP contribution in [0.1, 0.15) is 17.2 Å². The van der Waals surface area contributed by atoms with Crippen LogP contribution in [-0.2, 0) is 0 Å². The third-order valence-corrected chi connectivity index (χ3v) is 2.50. The average molecular weight is 225 g/mol. The minimum atomic E-state index is -0.531. The third kappa shape index (κ3) is 3.54. The zero-order chi connectivity index (χ0) is 11.9. The molecular formula is C15H15NO. The molecule has 0 spiro atoms. The van der Waals surface area contributed by atoms with E-state index < -0.39 is 6.10 Å². The van der Waals surface area contributed by atoms with E-state index in [0.29, 0.717) is 6.54 Å². The summed E-state index contributed by atoms with van der Waals surface area (Å²) in [4.78, 5) is 4.24. The first-order chi connectivity index (χ1) is 8.36. The van der Waals surface area contributed by atoms with E-state index in [1.54, 1.807) is 6.21 Å². The van der Waals surface area contributed by atoms with E-state index in [4.69, 9.17) is 0 Å². The van der Waals surface area contributed by atoms with Crippen molar-refractivity contribution in [3.63, 3.8) is 0 Å². The highest BCUT2D eigenvalue weighted by atomic mass is 16.3. The molecule has 0 amide bonds. The standard InChI is InChI=1S/C15H15NO/c17-15(14-9-5-2-6-10-14)12-16-11-13-7-3-1-4-8-13/h1-11,15,17H,12H2/t15-/m1/s1. The van der Waals surface area contributed by atoms with Crippen LogP contribution in [0.3, 0.4) is 0 Å². The van der Waals surface area contributed by atoms with Gasteiger partial charge in [0.25, 0.3) is 0 Å². The lowest BCUT2D eigenvalue weighted by Crippen LogP contribution is -2.01. The largest absolute Gasteiger partial charge is 0.386 e. The van der Waals surface area contributed by atoms with E-state index in [0.717, 1.165) is 11.1 Å². The number of hydrogen-bond acceptors (Lipinski definition) is 2. The van der Waals surface area contributed by atoms with Crippen LogP contribution in [0.4, 0.5) is 0 Å². The zero-order valence-electron chi connectivity index (χ0n) is 9.53. The fourth-order valence-electron chi connectivity index (χ4n) is 1.58. The summed E-state index contributed by atoms with van der Waals surface area (Å²) in [5.74, 6) is 0. The second-order valence-electron chi connectivity index (χ2n) is 3.83. The molecule has 0 aliphatic carbocycles. The molecule has 2 aromatic rings. The molecule has 0 radical (unpaired) electrons. The summed E-state index contributed by atoms with van der Waals surface area (Å²) in [6, 6.07) is 19.4. The molecule has 86 valence electrons. The van der Waals surface area contributed by atoms with E-state index >= 15 is 0 Å². The van der Waals surface area contributed by atoms with Crippen LogP contribution >= 0.6 is 0 Å². The van der Waals surface area contributed by atoms with Gasteiger partial charge in [0, 0.05) is 6.21 Å². The predicted molar refractivity (Wildman–Crippen MR) is 70.3 cm³/mol. The Morgan fingerprint density at radius 3 is 2.18 bits per heavy atom. The molecule has 0 unspecified atom stereocenters. The lowest BCUT2D eigenvalue weighted by Gasteiger charge is -2.06. The van der Waals surface area contributed by atoms with Crippen LogP contribution in [0.25, 0.3) is 0 Å². The third-order valence-electron chi connectivity index (χ3n) is 2.50. The van der Waals surface area contributed by atoms with Crippen molar-refractivity contribution in [2.24, 2.45) is 4.99 Å². The molecule has 2 heteroatoms. The van der Waals surface area contributed by atoms with Gasteiger partial charge in [-0.1, -0.05) is 60.7 Å². The molecule has 0 saturated carbocycles. The quantitative estimate of drug-likeness (QED) is 0.797. The summed E-state index contributed by atoms with van der Waals surface area (Å²) in [7, 11) is 0. The summed E-state index contributed by atoms with van der Waals surface area (Å²) >= 11 is 0. The first kappa shape index (κ1) is 11.6. The summed E-state index contributed by atoms with van der Waals surface area (Å²) in [5.41, 5.74) is 1.95. The number of aliphatic imine (C=N–C) groups is 1. The summed E-state index contributed by atoms with van der Waals surface area (Å²) in [6.45, 7) is 0.388. The molecule has 1 N–H and O–H groups in total.